The number of hydrogen-bond acceptors (Lipinski definition) is 5. The topological polar surface area (TPSA) is 77.3 Å². The monoisotopic (exact) mass is 293 g/mol. The van der Waals surface area contributed by atoms with Crippen molar-refractivity contribution < 1.29 is 14.1 Å². The highest BCUT2D eigenvalue weighted by molar-refractivity contribution is 5.97. The fourth-order valence-electron chi connectivity index (χ4n) is 1.89. The lowest BCUT2D eigenvalue weighted by atomic mass is 10.1. The van der Waals surface area contributed by atoms with E-state index in [0.29, 0.717) is 11.9 Å². The molecule has 0 amide bonds. The molecule has 0 fully saturated rings. The summed E-state index contributed by atoms with van der Waals surface area (Å²) in [7, 11) is 1.56. The number of pyridine rings is 1. The summed E-state index contributed by atoms with van der Waals surface area (Å²) >= 11 is 0. The second-order valence-corrected chi connectivity index (χ2v) is 5.23. The van der Waals surface area contributed by atoms with Gasteiger partial charge in [-0.1, -0.05) is 0 Å². The Morgan fingerprint density at radius 1 is 1.52 bits per heavy atom. The molecule has 1 aromatic carbocycles. The van der Waals surface area contributed by atoms with Crippen LogP contribution in [0.1, 0.15) is 13.8 Å². The molecule has 1 N–H and O–H groups in total. The van der Waals surface area contributed by atoms with E-state index < -0.39 is 16.3 Å². The van der Waals surface area contributed by atoms with Crippen LogP contribution in [0.5, 0.6) is 0 Å². The number of rotatable bonds is 5. The molecule has 0 atom stereocenters. The Morgan fingerprint density at radius 3 is 2.86 bits per heavy atom. The minimum atomic E-state index is -0.709. The second-order valence-electron chi connectivity index (χ2n) is 5.23. The number of aromatic nitrogens is 1. The van der Waals surface area contributed by atoms with Crippen molar-refractivity contribution in [1.29, 1.82) is 0 Å². The molecule has 6 nitrogen and oxygen atoms in total. The van der Waals surface area contributed by atoms with Gasteiger partial charge < -0.3 is 10.1 Å². The number of benzene rings is 1. The lowest BCUT2D eigenvalue weighted by Gasteiger charge is -2.24. The number of fused-ring (bicyclic) bond motifs is 1. The predicted octanol–water partition coefficient (Wildman–Crippen LogP) is 3.12. The first-order valence-electron chi connectivity index (χ1n) is 6.36. The Balaban J connectivity index is 2.52. The summed E-state index contributed by atoms with van der Waals surface area (Å²) in [5.74, 6) is -0.709. The van der Waals surface area contributed by atoms with Crippen molar-refractivity contribution in [2.75, 3.05) is 19.0 Å². The Bertz CT molecular complexity index is 688. The largest absolute Gasteiger partial charge is 0.378 e. The summed E-state index contributed by atoms with van der Waals surface area (Å²) in [6.07, 6.45) is 1.47. The number of halogens is 1. The van der Waals surface area contributed by atoms with E-state index in [-0.39, 0.29) is 16.9 Å². The minimum absolute atomic E-state index is 0.140. The highest BCUT2D eigenvalue weighted by Gasteiger charge is 2.22. The van der Waals surface area contributed by atoms with E-state index in [1.165, 1.54) is 6.20 Å². The Labute approximate surface area is 121 Å². The molecule has 0 radical (unpaired) electrons. The van der Waals surface area contributed by atoms with E-state index in [0.717, 1.165) is 6.07 Å². The van der Waals surface area contributed by atoms with Crippen molar-refractivity contribution in [2.45, 2.75) is 19.4 Å². The van der Waals surface area contributed by atoms with Gasteiger partial charge in [0.25, 0.3) is 5.69 Å². The number of methoxy groups -OCH3 is 1. The van der Waals surface area contributed by atoms with Crippen molar-refractivity contribution in [3.8, 4) is 0 Å². The highest BCUT2D eigenvalue weighted by Crippen LogP contribution is 2.32. The molecule has 0 saturated carbocycles. The van der Waals surface area contributed by atoms with Gasteiger partial charge in [-0.05, 0) is 26.0 Å². The highest BCUT2D eigenvalue weighted by atomic mass is 19.1. The van der Waals surface area contributed by atoms with Crippen LogP contribution in [0.2, 0.25) is 0 Å². The van der Waals surface area contributed by atoms with Crippen molar-refractivity contribution >= 4 is 22.3 Å². The summed E-state index contributed by atoms with van der Waals surface area (Å²) < 4.78 is 19.4. The fourth-order valence-corrected chi connectivity index (χ4v) is 1.89. The van der Waals surface area contributed by atoms with Crippen molar-refractivity contribution in [3.05, 3.63) is 40.3 Å². The molecule has 112 valence electrons. The second kappa shape index (κ2) is 5.61. The zero-order valence-electron chi connectivity index (χ0n) is 12.0. The molecule has 7 heteroatoms. The molecular weight excluding hydrogens is 277 g/mol. The molecule has 0 unspecified atom stereocenters. The maximum Gasteiger partial charge on any atom is 0.281 e. The average Bonchev–Trinajstić information content (AvgIpc) is 2.45. The van der Waals surface area contributed by atoms with Crippen LogP contribution < -0.4 is 5.32 Å². The Kier molecular flexibility index (Phi) is 4.04. The average molecular weight is 293 g/mol. The lowest BCUT2D eigenvalue weighted by Crippen LogP contribution is -2.32. The van der Waals surface area contributed by atoms with E-state index in [1.54, 1.807) is 19.2 Å². The molecule has 1 aromatic heterocycles. The first kappa shape index (κ1) is 15.1. The van der Waals surface area contributed by atoms with Crippen LogP contribution >= 0.6 is 0 Å². The number of hydrogen-bond donors (Lipinski definition) is 1. The number of nitrogens with zero attached hydrogens (tertiary/aromatic N) is 2. The smallest absolute Gasteiger partial charge is 0.281 e. The van der Waals surface area contributed by atoms with Gasteiger partial charge in [0.1, 0.15) is 5.52 Å². The summed E-state index contributed by atoms with van der Waals surface area (Å²) in [6, 6.07) is 4.04. The number of anilines is 1. The molecule has 21 heavy (non-hydrogen) atoms. The fraction of sp³-hybridized carbons (Fsp3) is 0.357. The molecule has 0 bridgehead atoms. The van der Waals surface area contributed by atoms with Gasteiger partial charge in [0.15, 0.2) is 5.82 Å². The van der Waals surface area contributed by atoms with E-state index in [2.05, 4.69) is 10.3 Å². The zero-order valence-corrected chi connectivity index (χ0v) is 12.0. The Hall–Kier alpha value is -2.28. The first-order chi connectivity index (χ1) is 9.85. The summed E-state index contributed by atoms with van der Waals surface area (Å²) in [4.78, 5) is 14.5. The lowest BCUT2D eigenvalue weighted by molar-refractivity contribution is -0.383. The number of ether oxygens (including phenoxy) is 1. The quantitative estimate of drug-likeness (QED) is 0.677. The molecule has 0 aliphatic heterocycles. The van der Waals surface area contributed by atoms with Crippen molar-refractivity contribution in [2.24, 2.45) is 0 Å². The van der Waals surface area contributed by atoms with Crippen molar-refractivity contribution in [3.63, 3.8) is 0 Å². The molecule has 0 saturated heterocycles. The molecule has 0 aliphatic rings. The molecule has 2 aromatic rings. The zero-order chi connectivity index (χ0) is 15.6. The summed E-state index contributed by atoms with van der Waals surface area (Å²) in [5.41, 5.74) is -0.431. The van der Waals surface area contributed by atoms with E-state index >= 15 is 0 Å². The number of nitro benzene ring substituents is 1. The molecule has 2 rings (SSSR count). The van der Waals surface area contributed by atoms with Crippen LogP contribution in [-0.2, 0) is 4.74 Å². The number of nitrogens with one attached hydrogen (secondary N) is 1. The number of nitro groups is 1. The van der Waals surface area contributed by atoms with Crippen LogP contribution in [0.3, 0.4) is 0 Å². The van der Waals surface area contributed by atoms with E-state index in [1.807, 2.05) is 13.8 Å². The van der Waals surface area contributed by atoms with Gasteiger partial charge in [-0.3, -0.25) is 15.1 Å². The maximum absolute atomic E-state index is 14.2. The summed E-state index contributed by atoms with van der Waals surface area (Å²) in [6.45, 7) is 4.03. The van der Waals surface area contributed by atoms with Gasteiger partial charge in [0, 0.05) is 19.9 Å². The van der Waals surface area contributed by atoms with Crippen LogP contribution in [0.4, 0.5) is 15.8 Å². The third kappa shape index (κ3) is 3.08. The summed E-state index contributed by atoms with van der Waals surface area (Å²) in [5, 5.41) is 14.2. The van der Waals surface area contributed by atoms with Crippen molar-refractivity contribution in [1.82, 2.24) is 4.98 Å². The predicted molar refractivity (Wildman–Crippen MR) is 77.9 cm³/mol. The van der Waals surface area contributed by atoms with Gasteiger partial charge in [-0.15, -0.1) is 0 Å². The van der Waals surface area contributed by atoms with E-state index in [9.17, 15) is 14.5 Å². The van der Waals surface area contributed by atoms with Gasteiger partial charge >= 0.3 is 0 Å². The molecule has 1 heterocycles. The van der Waals surface area contributed by atoms with Gasteiger partial charge in [-0.25, -0.2) is 4.39 Å². The minimum Gasteiger partial charge on any atom is -0.378 e. The molecule has 0 spiro atoms. The standard InChI is InChI=1S/C14H16FN3O3/c1-14(2,21-3)8-17-13-10(15)7-11(18(19)20)9-5-4-6-16-12(9)13/h4-7,17H,8H2,1-3H3. The molecular formula is C14H16FN3O3. The third-order valence-electron chi connectivity index (χ3n) is 3.26. The van der Waals surface area contributed by atoms with Gasteiger partial charge in [-0.2, -0.15) is 0 Å². The Morgan fingerprint density at radius 2 is 2.24 bits per heavy atom. The van der Waals surface area contributed by atoms with Crippen LogP contribution in [-0.4, -0.2) is 29.2 Å². The normalized spacial score (nSPS) is 11.6. The van der Waals surface area contributed by atoms with Gasteiger partial charge in [0.05, 0.1) is 27.7 Å². The van der Waals surface area contributed by atoms with Crippen LogP contribution in [0.15, 0.2) is 24.4 Å². The van der Waals surface area contributed by atoms with Crippen LogP contribution in [0, 0.1) is 15.9 Å². The SMILES string of the molecule is COC(C)(C)CNc1c(F)cc([N+](=O)[O-])c2cccnc12. The number of non-ortho nitro benzene ring substituents is 1. The first-order valence-corrected chi connectivity index (χ1v) is 6.36. The van der Waals surface area contributed by atoms with Crippen LogP contribution in [0.25, 0.3) is 10.9 Å². The van der Waals surface area contributed by atoms with E-state index in [4.69, 9.17) is 4.74 Å². The molecule has 0 aliphatic carbocycles. The maximum atomic E-state index is 14.2. The van der Waals surface area contributed by atoms with Gasteiger partial charge in [0.2, 0.25) is 0 Å². The third-order valence-corrected chi connectivity index (χ3v) is 3.26.